The molecule has 0 unspecified atom stereocenters. The highest BCUT2D eigenvalue weighted by atomic mass is 16.3. The zero-order valence-electron chi connectivity index (χ0n) is 14.7. The van der Waals surface area contributed by atoms with Crippen molar-refractivity contribution in [2.24, 2.45) is 17.3 Å². The largest absolute Gasteiger partial charge is 0.393 e. The molecular weight excluding hydrogens is 284 g/mol. The molecule has 0 heterocycles. The van der Waals surface area contributed by atoms with Crippen LogP contribution in [0.5, 0.6) is 0 Å². The van der Waals surface area contributed by atoms with E-state index in [4.69, 9.17) is 0 Å². The topological polar surface area (TPSA) is 40.5 Å². The summed E-state index contributed by atoms with van der Waals surface area (Å²) in [5.41, 5.74) is 3.90. The van der Waals surface area contributed by atoms with Crippen LogP contribution in [0.25, 0.3) is 0 Å². The molecule has 0 radical (unpaired) electrons. The minimum atomic E-state index is -0.587. The summed E-state index contributed by atoms with van der Waals surface area (Å²) in [6.07, 6.45) is 12.3. The Morgan fingerprint density at radius 3 is 2.78 bits per heavy atom. The van der Waals surface area contributed by atoms with Crippen LogP contribution in [0, 0.1) is 17.3 Å². The summed E-state index contributed by atoms with van der Waals surface area (Å²) in [5, 5.41) is 19.9. The normalized spacial score (nSPS) is 44.8. The number of rotatable bonds is 2. The van der Waals surface area contributed by atoms with Crippen LogP contribution >= 0.6 is 0 Å². The standard InChI is InChI=1S/C21H32O2/c1-4-17-9-10-19-15(6-5-11-21(17,19)3)7-8-16-12-18(22)13-20(23)14(16)2/h7-8,17-20,22-23H,2,4-6,9-13H2,1,3H3/b15-7+,16-8-/t17-,18-,19-,20+,21+/m0/s1. The van der Waals surface area contributed by atoms with Crippen molar-refractivity contribution in [1.82, 2.24) is 0 Å². The number of allylic oxidation sites excluding steroid dienone is 3. The second-order valence-corrected chi connectivity index (χ2v) is 8.16. The van der Waals surface area contributed by atoms with Gasteiger partial charge < -0.3 is 10.2 Å². The minimum absolute atomic E-state index is 0.422. The molecule has 2 heteroatoms. The summed E-state index contributed by atoms with van der Waals surface area (Å²) in [6, 6.07) is 0. The van der Waals surface area contributed by atoms with E-state index in [1.54, 1.807) is 5.57 Å². The van der Waals surface area contributed by atoms with Gasteiger partial charge in [-0.15, -0.1) is 0 Å². The first-order valence-corrected chi connectivity index (χ1v) is 9.40. The van der Waals surface area contributed by atoms with E-state index in [0.29, 0.717) is 18.3 Å². The molecule has 3 fully saturated rings. The summed E-state index contributed by atoms with van der Waals surface area (Å²) < 4.78 is 0. The van der Waals surface area contributed by atoms with E-state index in [-0.39, 0.29) is 0 Å². The van der Waals surface area contributed by atoms with Gasteiger partial charge in [0.15, 0.2) is 0 Å². The Balaban J connectivity index is 1.82. The second-order valence-electron chi connectivity index (χ2n) is 8.16. The summed E-state index contributed by atoms with van der Waals surface area (Å²) in [5.74, 6) is 1.60. The Labute approximate surface area is 141 Å². The predicted molar refractivity (Wildman–Crippen MR) is 95.0 cm³/mol. The second kappa shape index (κ2) is 6.57. The van der Waals surface area contributed by atoms with E-state index in [1.165, 1.54) is 38.5 Å². The lowest BCUT2D eigenvalue weighted by molar-refractivity contribution is 0.0862. The molecule has 3 rings (SSSR count). The van der Waals surface area contributed by atoms with Crippen LogP contribution in [0.4, 0.5) is 0 Å². The Bertz CT molecular complexity index is 530. The molecule has 0 amide bonds. The van der Waals surface area contributed by atoms with Crippen molar-refractivity contribution in [3.8, 4) is 0 Å². The van der Waals surface area contributed by atoms with Gasteiger partial charge in [0.1, 0.15) is 0 Å². The number of aliphatic hydroxyl groups excluding tert-OH is 2. The van der Waals surface area contributed by atoms with Crippen LogP contribution in [0.3, 0.4) is 0 Å². The molecule has 0 aromatic rings. The van der Waals surface area contributed by atoms with Crippen molar-refractivity contribution in [2.75, 3.05) is 0 Å². The average Bonchev–Trinajstić information content (AvgIpc) is 2.86. The van der Waals surface area contributed by atoms with Crippen LogP contribution in [-0.4, -0.2) is 22.4 Å². The summed E-state index contributed by atoms with van der Waals surface area (Å²) in [4.78, 5) is 0. The maximum atomic E-state index is 9.99. The van der Waals surface area contributed by atoms with Crippen LogP contribution in [0.2, 0.25) is 0 Å². The zero-order chi connectivity index (χ0) is 16.6. The molecule has 0 spiro atoms. The van der Waals surface area contributed by atoms with Crippen molar-refractivity contribution >= 4 is 0 Å². The third-order valence-electron chi connectivity index (χ3n) is 6.92. The van der Waals surface area contributed by atoms with E-state index in [9.17, 15) is 10.2 Å². The van der Waals surface area contributed by atoms with Gasteiger partial charge in [0.25, 0.3) is 0 Å². The smallest absolute Gasteiger partial charge is 0.0811 e. The summed E-state index contributed by atoms with van der Waals surface area (Å²) >= 11 is 0. The van der Waals surface area contributed by atoms with E-state index in [1.807, 2.05) is 0 Å². The molecular formula is C21H32O2. The number of hydrogen-bond donors (Lipinski definition) is 2. The van der Waals surface area contributed by atoms with Crippen LogP contribution in [-0.2, 0) is 0 Å². The van der Waals surface area contributed by atoms with Crippen molar-refractivity contribution in [1.29, 1.82) is 0 Å². The molecule has 0 aromatic heterocycles. The van der Waals surface area contributed by atoms with E-state index in [0.717, 1.165) is 23.0 Å². The average molecular weight is 316 g/mol. The van der Waals surface area contributed by atoms with Gasteiger partial charge >= 0.3 is 0 Å². The van der Waals surface area contributed by atoms with Gasteiger partial charge in [-0.1, -0.05) is 44.6 Å². The maximum Gasteiger partial charge on any atom is 0.0811 e. The lowest BCUT2D eigenvalue weighted by Crippen LogP contribution is -2.33. The lowest BCUT2D eigenvalue weighted by atomic mass is 9.63. The van der Waals surface area contributed by atoms with Crippen LogP contribution in [0.15, 0.2) is 35.5 Å². The molecule has 0 bridgehead atoms. The van der Waals surface area contributed by atoms with Gasteiger partial charge in [0, 0.05) is 6.42 Å². The Morgan fingerprint density at radius 1 is 1.26 bits per heavy atom. The highest BCUT2D eigenvalue weighted by Crippen LogP contribution is 2.58. The third-order valence-corrected chi connectivity index (χ3v) is 6.92. The van der Waals surface area contributed by atoms with Gasteiger partial charge in [0.05, 0.1) is 12.2 Å². The Kier molecular flexibility index (Phi) is 4.85. The van der Waals surface area contributed by atoms with Crippen LogP contribution < -0.4 is 0 Å². The van der Waals surface area contributed by atoms with Gasteiger partial charge in [-0.25, -0.2) is 0 Å². The highest BCUT2D eigenvalue weighted by Gasteiger charge is 2.48. The molecule has 2 N–H and O–H groups in total. The summed E-state index contributed by atoms with van der Waals surface area (Å²) in [7, 11) is 0. The molecule has 3 saturated carbocycles. The monoisotopic (exact) mass is 316 g/mol. The van der Waals surface area contributed by atoms with Gasteiger partial charge in [-0.2, -0.15) is 0 Å². The maximum absolute atomic E-state index is 9.99. The first-order chi connectivity index (χ1) is 11.0. The fourth-order valence-electron chi connectivity index (χ4n) is 5.48. The van der Waals surface area contributed by atoms with E-state index in [2.05, 4.69) is 32.6 Å². The Morgan fingerprint density at radius 2 is 2.04 bits per heavy atom. The van der Waals surface area contributed by atoms with Crippen molar-refractivity contribution in [3.63, 3.8) is 0 Å². The zero-order valence-corrected chi connectivity index (χ0v) is 14.7. The van der Waals surface area contributed by atoms with Gasteiger partial charge in [-0.05, 0) is 66.9 Å². The molecule has 128 valence electrons. The summed E-state index contributed by atoms with van der Waals surface area (Å²) in [6.45, 7) is 8.87. The van der Waals surface area contributed by atoms with Crippen molar-refractivity contribution in [2.45, 2.75) is 77.4 Å². The fourth-order valence-corrected chi connectivity index (χ4v) is 5.48. The number of hydrogen-bond acceptors (Lipinski definition) is 2. The van der Waals surface area contributed by atoms with E-state index >= 15 is 0 Å². The van der Waals surface area contributed by atoms with E-state index < -0.39 is 12.2 Å². The lowest BCUT2D eigenvalue weighted by Gasteiger charge is -2.42. The molecule has 3 aliphatic carbocycles. The van der Waals surface area contributed by atoms with Crippen molar-refractivity contribution in [3.05, 3.63) is 35.5 Å². The predicted octanol–water partition coefficient (Wildman–Crippen LogP) is 4.54. The first-order valence-electron chi connectivity index (χ1n) is 9.40. The molecule has 5 atom stereocenters. The van der Waals surface area contributed by atoms with Gasteiger partial charge in [0.2, 0.25) is 0 Å². The van der Waals surface area contributed by atoms with Gasteiger partial charge in [-0.3, -0.25) is 0 Å². The quantitative estimate of drug-likeness (QED) is 0.785. The SMILES string of the molecule is C=C1/C(=C\C=C2/CCC[C@]3(C)[C@@H](CC)CC[C@@H]23)C[C@H](O)C[C@H]1O. The molecule has 3 aliphatic rings. The number of fused-ring (bicyclic) bond motifs is 1. The molecule has 0 aromatic carbocycles. The fraction of sp³-hybridized carbons (Fsp3) is 0.714. The van der Waals surface area contributed by atoms with Crippen LogP contribution in [0.1, 0.15) is 65.2 Å². The van der Waals surface area contributed by atoms with Crippen molar-refractivity contribution < 1.29 is 10.2 Å². The first kappa shape index (κ1) is 17.0. The molecule has 2 nitrogen and oxygen atoms in total. The Hall–Kier alpha value is -0.860. The molecule has 23 heavy (non-hydrogen) atoms. The molecule has 0 aliphatic heterocycles. The molecule has 0 saturated heterocycles. The number of aliphatic hydroxyl groups is 2. The third kappa shape index (κ3) is 3.08. The highest BCUT2D eigenvalue weighted by molar-refractivity contribution is 5.38. The minimum Gasteiger partial charge on any atom is -0.393 e.